The van der Waals surface area contributed by atoms with Crippen molar-refractivity contribution in [2.45, 2.75) is 12.6 Å². The van der Waals surface area contributed by atoms with Crippen LogP contribution in [0.25, 0.3) is 11.1 Å². The Kier molecular flexibility index (Phi) is 6.02. The Morgan fingerprint density at radius 3 is 2.00 bits per heavy atom. The Morgan fingerprint density at radius 1 is 1.00 bits per heavy atom. The summed E-state index contributed by atoms with van der Waals surface area (Å²) in [6, 6.07) is 13.3. The van der Waals surface area contributed by atoms with Crippen LogP contribution in [0.4, 0.5) is 0 Å². The molecule has 2 rings (SSSR count). The Hall–Kier alpha value is -2.74. The molecule has 7 nitrogen and oxygen atoms in total. The summed E-state index contributed by atoms with van der Waals surface area (Å²) in [5.41, 5.74) is 9.92. The largest absolute Gasteiger partial charge is 0.392 e. The van der Waals surface area contributed by atoms with Crippen LogP contribution in [-0.2, 0) is 11.4 Å². The van der Waals surface area contributed by atoms with Crippen molar-refractivity contribution in [3.05, 3.63) is 59.7 Å². The van der Waals surface area contributed by atoms with Gasteiger partial charge >= 0.3 is 0 Å². The lowest BCUT2D eigenvalue weighted by Gasteiger charge is -2.14. The molecule has 24 heavy (non-hydrogen) atoms. The normalized spacial score (nSPS) is 11.6. The van der Waals surface area contributed by atoms with Gasteiger partial charge in [-0.2, -0.15) is 0 Å². The summed E-state index contributed by atoms with van der Waals surface area (Å²) in [4.78, 5) is 23.4. The van der Waals surface area contributed by atoms with E-state index in [9.17, 15) is 9.59 Å². The number of rotatable bonds is 6. The first-order valence-electron chi connectivity index (χ1n) is 7.34. The van der Waals surface area contributed by atoms with Gasteiger partial charge in [-0.05, 0) is 28.8 Å². The third-order valence-corrected chi connectivity index (χ3v) is 3.58. The maximum absolute atomic E-state index is 12.1. The molecule has 0 radical (unpaired) electrons. The third kappa shape index (κ3) is 4.17. The van der Waals surface area contributed by atoms with E-state index in [-0.39, 0.29) is 13.2 Å². The fourth-order valence-electron chi connectivity index (χ4n) is 2.17. The summed E-state index contributed by atoms with van der Waals surface area (Å²) in [5.74, 6) is -1.23. The zero-order valence-corrected chi connectivity index (χ0v) is 12.9. The quantitative estimate of drug-likeness (QED) is 0.388. The molecule has 0 aromatic heterocycles. The molecule has 0 unspecified atom stereocenters. The van der Waals surface area contributed by atoms with Crippen molar-refractivity contribution in [3.8, 4) is 11.1 Å². The molecule has 1 atom stereocenters. The molecule has 0 spiro atoms. The van der Waals surface area contributed by atoms with Crippen LogP contribution in [0, 0.1) is 0 Å². The van der Waals surface area contributed by atoms with Gasteiger partial charge in [-0.25, -0.2) is 5.48 Å². The Labute approximate surface area is 139 Å². The Balaban J connectivity index is 2.10. The minimum atomic E-state index is -1.01. The van der Waals surface area contributed by atoms with E-state index in [1.54, 1.807) is 24.3 Å². The van der Waals surface area contributed by atoms with Crippen molar-refractivity contribution >= 4 is 11.8 Å². The first-order chi connectivity index (χ1) is 11.6. The SMILES string of the molecule is NC[C@H](NC(=O)c1ccc(-c2ccc(CO)cc2)cc1)C(=O)NO. The van der Waals surface area contributed by atoms with Gasteiger partial charge in [-0.1, -0.05) is 36.4 Å². The number of carbonyl (C=O) groups is 2. The minimum absolute atomic E-state index is 0.0108. The summed E-state index contributed by atoms with van der Waals surface area (Å²) in [7, 11) is 0. The van der Waals surface area contributed by atoms with E-state index in [2.05, 4.69) is 5.32 Å². The van der Waals surface area contributed by atoms with Gasteiger partial charge in [0.25, 0.3) is 11.8 Å². The minimum Gasteiger partial charge on any atom is -0.392 e. The Morgan fingerprint density at radius 2 is 1.54 bits per heavy atom. The van der Waals surface area contributed by atoms with Gasteiger partial charge in [0.2, 0.25) is 0 Å². The van der Waals surface area contributed by atoms with Crippen molar-refractivity contribution in [3.63, 3.8) is 0 Å². The lowest BCUT2D eigenvalue weighted by atomic mass is 10.0. The first-order valence-corrected chi connectivity index (χ1v) is 7.34. The highest BCUT2D eigenvalue weighted by molar-refractivity contribution is 5.97. The molecule has 0 bridgehead atoms. The topological polar surface area (TPSA) is 125 Å². The van der Waals surface area contributed by atoms with Crippen molar-refractivity contribution < 1.29 is 19.9 Å². The summed E-state index contributed by atoms with van der Waals surface area (Å²) in [6.45, 7) is -0.142. The third-order valence-electron chi connectivity index (χ3n) is 3.58. The number of aliphatic hydroxyl groups is 1. The Bertz CT molecular complexity index is 699. The van der Waals surface area contributed by atoms with Crippen LogP contribution < -0.4 is 16.5 Å². The smallest absolute Gasteiger partial charge is 0.267 e. The second kappa shape index (κ2) is 8.21. The average Bonchev–Trinajstić information content (AvgIpc) is 2.65. The van der Waals surface area contributed by atoms with Crippen LogP contribution in [0.5, 0.6) is 0 Å². The number of hydrogen-bond acceptors (Lipinski definition) is 5. The number of aliphatic hydroxyl groups excluding tert-OH is 1. The molecular weight excluding hydrogens is 310 g/mol. The number of hydroxylamine groups is 1. The van der Waals surface area contributed by atoms with Gasteiger partial charge in [-0.15, -0.1) is 0 Å². The lowest BCUT2D eigenvalue weighted by Crippen LogP contribution is -2.50. The summed E-state index contributed by atoms with van der Waals surface area (Å²) < 4.78 is 0. The molecule has 2 aromatic carbocycles. The highest BCUT2D eigenvalue weighted by Crippen LogP contribution is 2.20. The van der Waals surface area contributed by atoms with E-state index < -0.39 is 17.9 Å². The van der Waals surface area contributed by atoms with Gasteiger partial charge in [-0.3, -0.25) is 14.8 Å². The maximum Gasteiger partial charge on any atom is 0.267 e. The number of benzene rings is 2. The molecule has 6 N–H and O–H groups in total. The van der Waals surface area contributed by atoms with E-state index in [0.29, 0.717) is 5.56 Å². The van der Waals surface area contributed by atoms with Crippen LogP contribution in [0.2, 0.25) is 0 Å². The van der Waals surface area contributed by atoms with Gasteiger partial charge in [0.05, 0.1) is 6.61 Å². The maximum atomic E-state index is 12.1. The van der Waals surface area contributed by atoms with Gasteiger partial charge in [0, 0.05) is 12.1 Å². The van der Waals surface area contributed by atoms with Crippen molar-refractivity contribution in [1.82, 2.24) is 10.8 Å². The molecule has 0 heterocycles. The van der Waals surface area contributed by atoms with Crippen LogP contribution in [-0.4, -0.2) is 34.7 Å². The molecule has 7 heteroatoms. The second-order valence-corrected chi connectivity index (χ2v) is 5.17. The number of hydrogen-bond donors (Lipinski definition) is 5. The van der Waals surface area contributed by atoms with Crippen LogP contribution >= 0.6 is 0 Å². The van der Waals surface area contributed by atoms with Crippen LogP contribution in [0.3, 0.4) is 0 Å². The zero-order chi connectivity index (χ0) is 17.5. The van der Waals surface area contributed by atoms with Gasteiger partial charge in [0.1, 0.15) is 6.04 Å². The molecule has 0 aliphatic heterocycles. The highest BCUT2D eigenvalue weighted by atomic mass is 16.5. The van der Waals surface area contributed by atoms with Crippen LogP contribution in [0.15, 0.2) is 48.5 Å². The summed E-state index contributed by atoms with van der Waals surface area (Å²) >= 11 is 0. The zero-order valence-electron chi connectivity index (χ0n) is 12.9. The number of amides is 2. The molecule has 0 aliphatic rings. The van der Waals surface area contributed by atoms with E-state index in [1.165, 1.54) is 5.48 Å². The molecule has 0 saturated heterocycles. The second-order valence-electron chi connectivity index (χ2n) is 5.17. The van der Waals surface area contributed by atoms with E-state index in [4.69, 9.17) is 16.0 Å². The monoisotopic (exact) mass is 329 g/mol. The molecule has 0 fully saturated rings. The van der Waals surface area contributed by atoms with Crippen molar-refractivity contribution in [1.29, 1.82) is 0 Å². The summed E-state index contributed by atoms with van der Waals surface area (Å²) in [5, 5.41) is 20.1. The molecule has 2 aromatic rings. The van der Waals surface area contributed by atoms with E-state index >= 15 is 0 Å². The van der Waals surface area contributed by atoms with E-state index in [0.717, 1.165) is 16.7 Å². The summed E-state index contributed by atoms with van der Waals surface area (Å²) in [6.07, 6.45) is 0. The molecule has 0 saturated carbocycles. The molecular formula is C17H19N3O4. The number of carbonyl (C=O) groups excluding carboxylic acids is 2. The lowest BCUT2D eigenvalue weighted by molar-refractivity contribution is -0.130. The fraction of sp³-hybridized carbons (Fsp3) is 0.176. The van der Waals surface area contributed by atoms with Gasteiger partial charge < -0.3 is 16.2 Å². The average molecular weight is 329 g/mol. The predicted molar refractivity (Wildman–Crippen MR) is 88.0 cm³/mol. The predicted octanol–water partition coefficient (Wildman–Crippen LogP) is 0.408. The molecule has 0 aliphatic carbocycles. The molecule has 126 valence electrons. The number of nitrogens with two attached hydrogens (primary N) is 1. The highest BCUT2D eigenvalue weighted by Gasteiger charge is 2.19. The fourth-order valence-corrected chi connectivity index (χ4v) is 2.17. The standard InChI is InChI=1S/C17H19N3O4/c18-9-15(17(23)20-24)19-16(22)14-7-5-13(6-8-14)12-3-1-11(10-21)2-4-12/h1-8,15,21,24H,9-10,18H2,(H,19,22)(H,20,23)/t15-/m0/s1. The number of nitrogens with one attached hydrogen (secondary N) is 2. The van der Waals surface area contributed by atoms with E-state index in [1.807, 2.05) is 24.3 Å². The van der Waals surface area contributed by atoms with Gasteiger partial charge in [0.15, 0.2) is 0 Å². The van der Waals surface area contributed by atoms with Crippen molar-refractivity contribution in [2.24, 2.45) is 5.73 Å². The van der Waals surface area contributed by atoms with Crippen LogP contribution in [0.1, 0.15) is 15.9 Å². The molecule has 2 amide bonds. The first kappa shape index (κ1) is 17.6. The van der Waals surface area contributed by atoms with Crippen molar-refractivity contribution in [2.75, 3.05) is 6.54 Å².